The molecule has 0 radical (unpaired) electrons. The molecule has 1 aromatic carbocycles. The van der Waals surface area contributed by atoms with Crippen molar-refractivity contribution in [3.05, 3.63) is 29.8 Å². The molecule has 0 aliphatic rings. The highest BCUT2D eigenvalue weighted by atomic mass is 16.5. The molecule has 4 heteroatoms. The average Bonchev–Trinajstić information content (AvgIpc) is 2.29. The smallest absolute Gasteiger partial charge is 0.328 e. The van der Waals surface area contributed by atoms with Gasteiger partial charge in [0.2, 0.25) is 0 Å². The Morgan fingerprint density at radius 3 is 2.72 bits per heavy atom. The van der Waals surface area contributed by atoms with Crippen molar-refractivity contribution >= 4 is 12.0 Å². The van der Waals surface area contributed by atoms with Crippen LogP contribution < -0.4 is 9.47 Å². The summed E-state index contributed by atoms with van der Waals surface area (Å²) in [5, 5.41) is 8.66. The first-order chi connectivity index (χ1) is 8.54. The van der Waals surface area contributed by atoms with Gasteiger partial charge in [-0.2, -0.15) is 0 Å². The summed E-state index contributed by atoms with van der Waals surface area (Å²) in [4.78, 5) is 10.6. The van der Waals surface area contributed by atoms with E-state index >= 15 is 0 Å². The van der Waals surface area contributed by atoms with Gasteiger partial charge in [-0.15, -0.1) is 0 Å². The summed E-state index contributed by atoms with van der Waals surface area (Å²) in [5.41, 5.74) is 0.692. The standard InChI is InChI=1S/C14H18O4/c1-4-17-12-7-5-6-11(8-9-13(15)16)14(12)18-10(2)3/h5-10H,4H2,1-3H3,(H,15,16)/b9-8+. The molecule has 0 atom stereocenters. The summed E-state index contributed by atoms with van der Waals surface area (Å²) >= 11 is 0. The maximum atomic E-state index is 10.6. The van der Waals surface area contributed by atoms with Crippen LogP contribution in [0, 0.1) is 0 Å². The Hall–Kier alpha value is -1.97. The van der Waals surface area contributed by atoms with E-state index in [4.69, 9.17) is 14.6 Å². The van der Waals surface area contributed by atoms with Gasteiger partial charge < -0.3 is 14.6 Å². The van der Waals surface area contributed by atoms with Gasteiger partial charge in [-0.1, -0.05) is 12.1 Å². The number of hydrogen-bond acceptors (Lipinski definition) is 3. The molecule has 0 heterocycles. The lowest BCUT2D eigenvalue weighted by molar-refractivity contribution is -0.131. The molecule has 0 bridgehead atoms. The van der Waals surface area contributed by atoms with Crippen LogP contribution in [-0.4, -0.2) is 23.8 Å². The van der Waals surface area contributed by atoms with Crippen LogP contribution in [0.5, 0.6) is 11.5 Å². The molecule has 0 fully saturated rings. The van der Waals surface area contributed by atoms with Crippen LogP contribution in [0.25, 0.3) is 6.08 Å². The van der Waals surface area contributed by atoms with Crippen molar-refractivity contribution in [2.75, 3.05) is 6.61 Å². The van der Waals surface area contributed by atoms with Crippen LogP contribution in [0.15, 0.2) is 24.3 Å². The lowest BCUT2D eigenvalue weighted by Crippen LogP contribution is -2.08. The Labute approximate surface area is 107 Å². The van der Waals surface area contributed by atoms with Gasteiger partial charge in [-0.25, -0.2) is 4.79 Å². The number of ether oxygens (including phenoxy) is 2. The lowest BCUT2D eigenvalue weighted by atomic mass is 10.1. The highest BCUT2D eigenvalue weighted by molar-refractivity contribution is 5.86. The summed E-state index contributed by atoms with van der Waals surface area (Å²) in [6.07, 6.45) is 2.57. The van der Waals surface area contributed by atoms with Crippen LogP contribution in [0.2, 0.25) is 0 Å². The largest absolute Gasteiger partial charge is 0.490 e. The molecule has 0 saturated carbocycles. The van der Waals surface area contributed by atoms with Gasteiger partial charge in [0.1, 0.15) is 0 Å². The minimum Gasteiger partial charge on any atom is -0.490 e. The van der Waals surface area contributed by atoms with Gasteiger partial charge in [-0.3, -0.25) is 0 Å². The SMILES string of the molecule is CCOc1cccc(/C=C/C(=O)O)c1OC(C)C. The monoisotopic (exact) mass is 250 g/mol. The minimum absolute atomic E-state index is 0.0106. The van der Waals surface area contributed by atoms with Crippen molar-refractivity contribution in [2.24, 2.45) is 0 Å². The Balaban J connectivity index is 3.14. The van der Waals surface area contributed by atoms with E-state index in [1.54, 1.807) is 18.2 Å². The maximum Gasteiger partial charge on any atom is 0.328 e. The summed E-state index contributed by atoms with van der Waals surface area (Å²) in [5.74, 6) is 0.206. The lowest BCUT2D eigenvalue weighted by Gasteiger charge is -2.16. The molecule has 18 heavy (non-hydrogen) atoms. The normalized spacial score (nSPS) is 10.9. The zero-order valence-electron chi connectivity index (χ0n) is 10.8. The predicted molar refractivity (Wildman–Crippen MR) is 70.0 cm³/mol. The number of carboxylic acids is 1. The Morgan fingerprint density at radius 2 is 2.17 bits per heavy atom. The first kappa shape index (κ1) is 14.1. The highest BCUT2D eigenvalue weighted by Gasteiger charge is 2.11. The fourth-order valence-electron chi connectivity index (χ4n) is 1.46. The number of aliphatic carboxylic acids is 1. The zero-order valence-corrected chi connectivity index (χ0v) is 10.8. The fourth-order valence-corrected chi connectivity index (χ4v) is 1.46. The third-order valence-corrected chi connectivity index (χ3v) is 2.07. The molecule has 0 aromatic heterocycles. The van der Waals surface area contributed by atoms with E-state index < -0.39 is 5.97 Å². The predicted octanol–water partition coefficient (Wildman–Crippen LogP) is 2.97. The third-order valence-electron chi connectivity index (χ3n) is 2.07. The van der Waals surface area contributed by atoms with E-state index in [1.165, 1.54) is 6.08 Å². The number of carbonyl (C=O) groups is 1. The molecular formula is C14H18O4. The van der Waals surface area contributed by atoms with E-state index in [2.05, 4.69) is 0 Å². The molecule has 1 rings (SSSR count). The molecule has 0 spiro atoms. The number of rotatable bonds is 6. The fraction of sp³-hybridized carbons (Fsp3) is 0.357. The van der Waals surface area contributed by atoms with Crippen LogP contribution in [0.1, 0.15) is 26.3 Å². The summed E-state index contributed by atoms with van der Waals surface area (Å²) in [6, 6.07) is 5.40. The Morgan fingerprint density at radius 1 is 1.44 bits per heavy atom. The van der Waals surface area contributed by atoms with Gasteiger partial charge in [0.15, 0.2) is 11.5 Å². The van der Waals surface area contributed by atoms with Crippen LogP contribution >= 0.6 is 0 Å². The van der Waals surface area contributed by atoms with Gasteiger partial charge in [-0.05, 0) is 32.9 Å². The number of para-hydroxylation sites is 1. The topological polar surface area (TPSA) is 55.8 Å². The van der Waals surface area contributed by atoms with Crippen molar-refractivity contribution in [1.29, 1.82) is 0 Å². The molecule has 0 aliphatic heterocycles. The van der Waals surface area contributed by atoms with E-state index in [0.29, 0.717) is 23.7 Å². The van der Waals surface area contributed by atoms with Crippen LogP contribution in [0.4, 0.5) is 0 Å². The zero-order chi connectivity index (χ0) is 13.5. The first-order valence-electron chi connectivity index (χ1n) is 5.88. The van der Waals surface area contributed by atoms with E-state index in [9.17, 15) is 4.79 Å². The van der Waals surface area contributed by atoms with Crippen molar-refractivity contribution in [1.82, 2.24) is 0 Å². The van der Waals surface area contributed by atoms with Crippen LogP contribution in [0.3, 0.4) is 0 Å². The molecule has 0 unspecified atom stereocenters. The average molecular weight is 250 g/mol. The second kappa shape index (κ2) is 6.69. The molecule has 0 saturated heterocycles. The number of benzene rings is 1. The summed E-state index contributed by atoms with van der Waals surface area (Å²) < 4.78 is 11.2. The van der Waals surface area contributed by atoms with E-state index in [1.807, 2.05) is 20.8 Å². The highest BCUT2D eigenvalue weighted by Crippen LogP contribution is 2.33. The maximum absolute atomic E-state index is 10.6. The van der Waals surface area contributed by atoms with Crippen LogP contribution in [-0.2, 0) is 4.79 Å². The molecule has 98 valence electrons. The van der Waals surface area contributed by atoms with Gasteiger partial charge in [0.25, 0.3) is 0 Å². The molecule has 4 nitrogen and oxygen atoms in total. The second-order valence-electron chi connectivity index (χ2n) is 3.95. The minimum atomic E-state index is -0.993. The second-order valence-corrected chi connectivity index (χ2v) is 3.95. The summed E-state index contributed by atoms with van der Waals surface area (Å²) in [6.45, 7) is 6.24. The Bertz CT molecular complexity index is 435. The quantitative estimate of drug-likeness (QED) is 0.788. The van der Waals surface area contributed by atoms with Gasteiger partial charge in [0.05, 0.1) is 12.7 Å². The molecule has 0 amide bonds. The van der Waals surface area contributed by atoms with Gasteiger partial charge >= 0.3 is 5.97 Å². The number of hydrogen-bond donors (Lipinski definition) is 1. The van der Waals surface area contributed by atoms with Crippen molar-refractivity contribution in [3.8, 4) is 11.5 Å². The van der Waals surface area contributed by atoms with E-state index in [-0.39, 0.29) is 6.10 Å². The van der Waals surface area contributed by atoms with Crippen molar-refractivity contribution < 1.29 is 19.4 Å². The summed E-state index contributed by atoms with van der Waals surface area (Å²) in [7, 11) is 0. The molecular weight excluding hydrogens is 232 g/mol. The first-order valence-corrected chi connectivity index (χ1v) is 5.88. The Kier molecular flexibility index (Phi) is 5.24. The molecule has 1 N–H and O–H groups in total. The molecule has 0 aliphatic carbocycles. The molecule has 1 aromatic rings. The van der Waals surface area contributed by atoms with Gasteiger partial charge in [0, 0.05) is 11.6 Å². The van der Waals surface area contributed by atoms with E-state index in [0.717, 1.165) is 6.08 Å². The van der Waals surface area contributed by atoms with Crippen molar-refractivity contribution in [3.63, 3.8) is 0 Å². The van der Waals surface area contributed by atoms with Crippen molar-refractivity contribution in [2.45, 2.75) is 26.9 Å². The third kappa shape index (κ3) is 4.13. The number of carboxylic acid groups (broad SMARTS) is 1.